The molecule has 0 saturated heterocycles. The van der Waals surface area contributed by atoms with Crippen LogP contribution >= 0.6 is 0 Å². The molecule has 0 N–H and O–H groups in total. The summed E-state index contributed by atoms with van der Waals surface area (Å²) >= 11 is 0. The Bertz CT molecular complexity index is 1460. The molecular weight excluding hydrogens is 434 g/mol. The largest absolute Gasteiger partial charge is 0.268 e. The first kappa shape index (κ1) is 22.9. The van der Waals surface area contributed by atoms with Crippen LogP contribution in [0.3, 0.4) is 0 Å². The van der Waals surface area contributed by atoms with Gasteiger partial charge in [0.1, 0.15) is 5.82 Å². The number of aryl methyl sites for hydroxylation is 2. The van der Waals surface area contributed by atoms with E-state index in [9.17, 15) is 13.2 Å². The van der Waals surface area contributed by atoms with E-state index in [2.05, 4.69) is 0 Å². The van der Waals surface area contributed by atoms with E-state index in [0.717, 1.165) is 11.1 Å². The predicted molar refractivity (Wildman–Crippen MR) is 131 cm³/mol. The van der Waals surface area contributed by atoms with E-state index in [-0.39, 0.29) is 17.0 Å². The smallest absolute Gasteiger partial charge is 0.266 e. The van der Waals surface area contributed by atoms with Gasteiger partial charge in [-0.25, -0.2) is 13.4 Å². The Hall–Kier alpha value is -3.29. The zero-order valence-corrected chi connectivity index (χ0v) is 20.0. The minimum absolute atomic E-state index is 0.215. The molecule has 1 unspecified atom stereocenters. The highest BCUT2D eigenvalue weighted by Crippen LogP contribution is 2.28. The molecule has 0 spiro atoms. The van der Waals surface area contributed by atoms with Gasteiger partial charge >= 0.3 is 0 Å². The molecule has 0 aliphatic heterocycles. The average Bonchev–Trinajstić information content (AvgIpc) is 2.80. The normalized spacial score (nSPS) is 12.9. The number of hydrogen-bond donors (Lipinski definition) is 0. The molecule has 1 heterocycles. The summed E-state index contributed by atoms with van der Waals surface area (Å²) in [6, 6.07) is 20.8. The van der Waals surface area contributed by atoms with Gasteiger partial charge in [-0.1, -0.05) is 54.4 Å². The quantitative estimate of drug-likeness (QED) is 0.414. The van der Waals surface area contributed by atoms with Gasteiger partial charge in [-0.05, 0) is 57.2 Å². The van der Waals surface area contributed by atoms with Crippen LogP contribution in [0.15, 0.2) is 82.5 Å². The van der Waals surface area contributed by atoms with Crippen LogP contribution in [0.1, 0.15) is 36.8 Å². The van der Waals surface area contributed by atoms with Gasteiger partial charge in [0.05, 0.1) is 27.5 Å². The van der Waals surface area contributed by atoms with Gasteiger partial charge in [0.2, 0.25) is 10.0 Å². The second kappa shape index (κ2) is 8.92. The predicted octanol–water partition coefficient (Wildman–Crippen LogP) is 4.77. The fraction of sp³-hybridized carbons (Fsp3) is 0.231. The van der Waals surface area contributed by atoms with E-state index in [4.69, 9.17) is 4.98 Å². The molecule has 0 bridgehead atoms. The number of rotatable bonds is 6. The van der Waals surface area contributed by atoms with E-state index >= 15 is 0 Å². The van der Waals surface area contributed by atoms with E-state index in [1.165, 1.54) is 8.87 Å². The van der Waals surface area contributed by atoms with Crippen molar-refractivity contribution in [2.45, 2.75) is 38.6 Å². The average molecular weight is 462 g/mol. The van der Waals surface area contributed by atoms with Gasteiger partial charge in [0.25, 0.3) is 5.56 Å². The van der Waals surface area contributed by atoms with Crippen LogP contribution in [0.25, 0.3) is 16.6 Å². The Kier molecular flexibility index (Phi) is 6.19. The van der Waals surface area contributed by atoms with Crippen molar-refractivity contribution in [2.75, 3.05) is 6.54 Å². The second-order valence-electron chi connectivity index (χ2n) is 8.16. The van der Waals surface area contributed by atoms with E-state index in [0.29, 0.717) is 22.4 Å². The van der Waals surface area contributed by atoms with Crippen LogP contribution < -0.4 is 5.56 Å². The summed E-state index contributed by atoms with van der Waals surface area (Å²) in [7, 11) is -3.81. The van der Waals surface area contributed by atoms with Crippen molar-refractivity contribution in [3.63, 3.8) is 0 Å². The summed E-state index contributed by atoms with van der Waals surface area (Å²) in [5, 5.41) is 0.485. The minimum atomic E-state index is -3.81. The summed E-state index contributed by atoms with van der Waals surface area (Å²) in [5.41, 5.74) is 3.00. The lowest BCUT2D eigenvalue weighted by atomic mass is 10.2. The Labute approximate surface area is 194 Å². The van der Waals surface area contributed by atoms with Crippen LogP contribution in [0.4, 0.5) is 0 Å². The first-order valence-electron chi connectivity index (χ1n) is 10.9. The maximum atomic E-state index is 13.6. The number of benzene rings is 3. The molecule has 4 rings (SSSR count). The lowest BCUT2D eigenvalue weighted by Crippen LogP contribution is -2.37. The van der Waals surface area contributed by atoms with E-state index < -0.39 is 16.1 Å². The first-order chi connectivity index (χ1) is 15.7. The summed E-state index contributed by atoms with van der Waals surface area (Å²) < 4.78 is 30.0. The summed E-state index contributed by atoms with van der Waals surface area (Å²) in [6.07, 6.45) is 0. The Balaban J connectivity index is 1.93. The minimum Gasteiger partial charge on any atom is -0.268 e. The molecule has 1 aromatic heterocycles. The van der Waals surface area contributed by atoms with Crippen molar-refractivity contribution in [3.8, 4) is 5.69 Å². The number of sulfonamides is 1. The zero-order valence-electron chi connectivity index (χ0n) is 19.2. The standard InChI is InChI=1S/C26H27N3O3S/c1-5-28(33(31,32)22-16-12-19(3)13-17-22)20(4)25-27-24-9-7-6-8-23(24)26(30)29(25)21-14-10-18(2)11-15-21/h6-17,20H,5H2,1-4H3. The van der Waals surface area contributed by atoms with Crippen molar-refractivity contribution in [1.29, 1.82) is 0 Å². The fourth-order valence-corrected chi connectivity index (χ4v) is 5.60. The summed E-state index contributed by atoms with van der Waals surface area (Å²) in [5.74, 6) is 0.375. The second-order valence-corrected chi connectivity index (χ2v) is 10.1. The molecule has 0 aliphatic carbocycles. The van der Waals surface area contributed by atoms with Crippen LogP contribution in [0.5, 0.6) is 0 Å². The molecule has 0 fully saturated rings. The summed E-state index contributed by atoms with van der Waals surface area (Å²) in [6.45, 7) is 7.68. The first-order valence-corrected chi connectivity index (χ1v) is 12.3. The monoisotopic (exact) mass is 461 g/mol. The van der Waals surface area contributed by atoms with Crippen molar-refractivity contribution >= 4 is 20.9 Å². The molecule has 33 heavy (non-hydrogen) atoms. The molecular formula is C26H27N3O3S. The maximum absolute atomic E-state index is 13.6. The Morgan fingerprint density at radius 2 is 1.48 bits per heavy atom. The summed E-state index contributed by atoms with van der Waals surface area (Å²) in [4.78, 5) is 18.6. The van der Waals surface area contributed by atoms with Crippen molar-refractivity contribution in [3.05, 3.63) is 100 Å². The van der Waals surface area contributed by atoms with Gasteiger partial charge in [0, 0.05) is 6.54 Å². The molecule has 4 aromatic rings. The number of fused-ring (bicyclic) bond motifs is 1. The van der Waals surface area contributed by atoms with Gasteiger partial charge < -0.3 is 0 Å². The molecule has 6 nitrogen and oxygen atoms in total. The highest BCUT2D eigenvalue weighted by Gasteiger charge is 2.32. The van der Waals surface area contributed by atoms with Gasteiger partial charge in [-0.2, -0.15) is 4.31 Å². The third-order valence-corrected chi connectivity index (χ3v) is 7.90. The van der Waals surface area contributed by atoms with Crippen molar-refractivity contribution < 1.29 is 8.42 Å². The third kappa shape index (κ3) is 4.21. The van der Waals surface area contributed by atoms with Crippen LogP contribution in [0.2, 0.25) is 0 Å². The molecule has 0 saturated carbocycles. The van der Waals surface area contributed by atoms with Gasteiger partial charge in [0.15, 0.2) is 0 Å². The molecule has 0 amide bonds. The highest BCUT2D eigenvalue weighted by molar-refractivity contribution is 7.89. The SMILES string of the molecule is CCN(C(C)c1nc2ccccc2c(=O)n1-c1ccc(C)cc1)S(=O)(=O)c1ccc(C)cc1. The molecule has 3 aromatic carbocycles. The Morgan fingerprint density at radius 1 is 0.909 bits per heavy atom. The number of hydrogen-bond acceptors (Lipinski definition) is 4. The maximum Gasteiger partial charge on any atom is 0.266 e. The van der Waals surface area contributed by atoms with E-state index in [1.54, 1.807) is 56.3 Å². The van der Waals surface area contributed by atoms with Crippen molar-refractivity contribution in [2.24, 2.45) is 0 Å². The molecule has 7 heteroatoms. The number of nitrogens with zero attached hydrogens (tertiary/aromatic N) is 3. The molecule has 170 valence electrons. The highest BCUT2D eigenvalue weighted by atomic mass is 32.2. The van der Waals surface area contributed by atoms with Crippen molar-refractivity contribution in [1.82, 2.24) is 13.9 Å². The van der Waals surface area contributed by atoms with Crippen LogP contribution in [0, 0.1) is 13.8 Å². The van der Waals surface area contributed by atoms with Crippen LogP contribution in [-0.2, 0) is 10.0 Å². The molecule has 1 atom stereocenters. The Morgan fingerprint density at radius 3 is 2.09 bits per heavy atom. The topological polar surface area (TPSA) is 72.3 Å². The molecule has 0 radical (unpaired) electrons. The van der Waals surface area contributed by atoms with Gasteiger partial charge in [-0.3, -0.25) is 9.36 Å². The van der Waals surface area contributed by atoms with Crippen LogP contribution in [-0.4, -0.2) is 28.8 Å². The lowest BCUT2D eigenvalue weighted by molar-refractivity contribution is 0.340. The number of aromatic nitrogens is 2. The van der Waals surface area contributed by atoms with E-state index in [1.807, 2.05) is 44.2 Å². The number of para-hydroxylation sites is 1. The fourth-order valence-electron chi connectivity index (χ4n) is 4.00. The zero-order chi connectivity index (χ0) is 23.8. The third-order valence-electron chi connectivity index (χ3n) is 5.84. The lowest BCUT2D eigenvalue weighted by Gasteiger charge is -2.28. The van der Waals surface area contributed by atoms with Gasteiger partial charge in [-0.15, -0.1) is 0 Å². The molecule has 0 aliphatic rings.